The van der Waals surface area contributed by atoms with E-state index in [1.165, 1.54) is 12.1 Å². The van der Waals surface area contributed by atoms with Gasteiger partial charge in [0.15, 0.2) is 0 Å². The third kappa shape index (κ3) is 3.76. The maximum absolute atomic E-state index is 11.9. The van der Waals surface area contributed by atoms with E-state index in [4.69, 9.17) is 4.74 Å². The summed E-state index contributed by atoms with van der Waals surface area (Å²) in [5.74, 6) is -0.364. The van der Waals surface area contributed by atoms with E-state index in [-0.39, 0.29) is 24.7 Å². The van der Waals surface area contributed by atoms with E-state index in [9.17, 15) is 14.9 Å². The van der Waals surface area contributed by atoms with Crippen molar-refractivity contribution >= 4 is 22.4 Å². The number of hydrogen-bond donors (Lipinski definition) is 0. The molecule has 0 bridgehead atoms. The van der Waals surface area contributed by atoms with Crippen LogP contribution in [0, 0.1) is 10.1 Å². The van der Waals surface area contributed by atoms with E-state index in [0.717, 1.165) is 16.3 Å². The van der Waals surface area contributed by atoms with Crippen LogP contribution in [0.5, 0.6) is 0 Å². The highest BCUT2D eigenvalue weighted by Crippen LogP contribution is 2.17. The standard InChI is InChI=1S/C19H15NO4/c21-19(12-14-6-9-18(10-7-14)20(22)23)24-13-15-5-8-16-3-1-2-4-17(16)11-15/h1-11H,12-13H2. The largest absolute Gasteiger partial charge is 0.461 e. The predicted molar refractivity (Wildman–Crippen MR) is 90.5 cm³/mol. The van der Waals surface area contributed by atoms with Crippen molar-refractivity contribution in [3.05, 3.63) is 88.0 Å². The molecule has 0 aliphatic carbocycles. The molecule has 0 atom stereocenters. The van der Waals surface area contributed by atoms with Crippen molar-refractivity contribution in [1.82, 2.24) is 0 Å². The van der Waals surface area contributed by atoms with Crippen LogP contribution in [-0.4, -0.2) is 10.9 Å². The minimum Gasteiger partial charge on any atom is -0.461 e. The molecule has 5 heteroatoms. The van der Waals surface area contributed by atoms with Crippen molar-refractivity contribution in [2.24, 2.45) is 0 Å². The van der Waals surface area contributed by atoms with E-state index < -0.39 is 4.92 Å². The first-order valence-electron chi connectivity index (χ1n) is 7.48. The van der Waals surface area contributed by atoms with Gasteiger partial charge in [-0.1, -0.05) is 48.5 Å². The van der Waals surface area contributed by atoms with E-state index >= 15 is 0 Å². The number of nitro groups is 1. The molecular formula is C19H15NO4. The molecular weight excluding hydrogens is 306 g/mol. The van der Waals surface area contributed by atoms with Crippen molar-refractivity contribution in [2.45, 2.75) is 13.0 Å². The Morgan fingerprint density at radius 2 is 1.58 bits per heavy atom. The van der Waals surface area contributed by atoms with Crippen molar-refractivity contribution in [1.29, 1.82) is 0 Å². The molecule has 0 aromatic heterocycles. The Balaban J connectivity index is 1.59. The number of esters is 1. The molecule has 3 rings (SSSR count). The second-order valence-corrected chi connectivity index (χ2v) is 5.44. The van der Waals surface area contributed by atoms with Crippen LogP contribution in [0.1, 0.15) is 11.1 Å². The van der Waals surface area contributed by atoms with Crippen LogP contribution < -0.4 is 0 Å². The number of carbonyl (C=O) groups is 1. The Bertz CT molecular complexity index is 887. The van der Waals surface area contributed by atoms with Crippen molar-refractivity contribution in [3.63, 3.8) is 0 Å². The van der Waals surface area contributed by atoms with Gasteiger partial charge in [0.25, 0.3) is 5.69 Å². The van der Waals surface area contributed by atoms with Gasteiger partial charge in [-0.05, 0) is 28.0 Å². The average Bonchev–Trinajstić information content (AvgIpc) is 2.60. The van der Waals surface area contributed by atoms with Crippen LogP contribution in [0.3, 0.4) is 0 Å². The van der Waals surface area contributed by atoms with Crippen LogP contribution in [-0.2, 0) is 22.6 Å². The maximum atomic E-state index is 11.9. The number of benzene rings is 3. The first kappa shape index (κ1) is 15.7. The van der Waals surface area contributed by atoms with Crippen molar-refractivity contribution in [2.75, 3.05) is 0 Å². The van der Waals surface area contributed by atoms with Gasteiger partial charge in [0, 0.05) is 12.1 Å². The van der Waals surface area contributed by atoms with Gasteiger partial charge >= 0.3 is 5.97 Å². The lowest BCUT2D eigenvalue weighted by Gasteiger charge is -2.06. The number of fused-ring (bicyclic) bond motifs is 1. The summed E-state index contributed by atoms with van der Waals surface area (Å²) in [6.45, 7) is 0.205. The molecule has 0 N–H and O–H groups in total. The molecule has 0 aliphatic rings. The zero-order chi connectivity index (χ0) is 16.9. The van der Waals surface area contributed by atoms with Gasteiger partial charge in [0.2, 0.25) is 0 Å². The molecule has 3 aromatic rings. The number of hydrogen-bond acceptors (Lipinski definition) is 4. The molecule has 120 valence electrons. The SMILES string of the molecule is O=C(Cc1ccc([N+](=O)[O-])cc1)OCc1ccc2ccccc2c1. The molecule has 0 saturated heterocycles. The summed E-state index contributed by atoms with van der Waals surface area (Å²) in [4.78, 5) is 22.0. The fourth-order valence-electron chi connectivity index (χ4n) is 2.45. The fourth-order valence-corrected chi connectivity index (χ4v) is 2.45. The molecule has 24 heavy (non-hydrogen) atoms. The van der Waals surface area contributed by atoms with E-state index in [1.54, 1.807) is 12.1 Å². The number of carbonyl (C=O) groups excluding carboxylic acids is 1. The highest BCUT2D eigenvalue weighted by molar-refractivity contribution is 5.83. The summed E-state index contributed by atoms with van der Waals surface area (Å²) >= 11 is 0. The van der Waals surface area contributed by atoms with Gasteiger partial charge in [-0.2, -0.15) is 0 Å². The van der Waals surface area contributed by atoms with E-state index in [2.05, 4.69) is 0 Å². The van der Waals surface area contributed by atoms with Crippen LogP contribution in [0.2, 0.25) is 0 Å². The van der Waals surface area contributed by atoms with Gasteiger partial charge in [0.05, 0.1) is 11.3 Å². The minimum atomic E-state index is -0.470. The molecule has 0 aliphatic heterocycles. The summed E-state index contributed by atoms with van der Waals surface area (Å²) < 4.78 is 5.29. The van der Waals surface area contributed by atoms with E-state index in [1.807, 2.05) is 42.5 Å². The van der Waals surface area contributed by atoms with Gasteiger partial charge in [-0.25, -0.2) is 0 Å². The molecule has 0 radical (unpaired) electrons. The van der Waals surface area contributed by atoms with E-state index in [0.29, 0.717) is 5.56 Å². The lowest BCUT2D eigenvalue weighted by Crippen LogP contribution is -2.08. The smallest absolute Gasteiger partial charge is 0.310 e. The molecule has 0 unspecified atom stereocenters. The Labute approximate surface area is 138 Å². The highest BCUT2D eigenvalue weighted by Gasteiger charge is 2.08. The number of nitro benzene ring substituents is 1. The Morgan fingerprint density at radius 3 is 2.29 bits per heavy atom. The zero-order valence-electron chi connectivity index (χ0n) is 12.8. The summed E-state index contributed by atoms with van der Waals surface area (Å²) in [6, 6.07) is 19.8. The molecule has 0 heterocycles. The topological polar surface area (TPSA) is 69.4 Å². The second kappa shape index (κ2) is 6.91. The first-order valence-corrected chi connectivity index (χ1v) is 7.48. The Hall–Kier alpha value is -3.21. The maximum Gasteiger partial charge on any atom is 0.310 e. The molecule has 0 saturated carbocycles. The molecule has 0 spiro atoms. The second-order valence-electron chi connectivity index (χ2n) is 5.44. The quantitative estimate of drug-likeness (QED) is 0.404. The van der Waals surface area contributed by atoms with Gasteiger partial charge < -0.3 is 4.74 Å². The normalized spacial score (nSPS) is 10.5. The average molecular weight is 321 g/mol. The predicted octanol–water partition coefficient (Wildman–Crippen LogP) is 4.03. The zero-order valence-corrected chi connectivity index (χ0v) is 12.8. The fraction of sp³-hybridized carbons (Fsp3) is 0.105. The van der Waals surface area contributed by atoms with Gasteiger partial charge in [0.1, 0.15) is 6.61 Å². The lowest BCUT2D eigenvalue weighted by molar-refractivity contribution is -0.384. The summed E-state index contributed by atoms with van der Waals surface area (Å²) in [6.07, 6.45) is 0.0889. The Kier molecular flexibility index (Phi) is 4.52. The Morgan fingerprint density at radius 1 is 0.917 bits per heavy atom. The van der Waals surface area contributed by atoms with Gasteiger partial charge in [-0.15, -0.1) is 0 Å². The van der Waals surface area contributed by atoms with Crippen LogP contribution >= 0.6 is 0 Å². The van der Waals surface area contributed by atoms with Crippen molar-refractivity contribution in [3.8, 4) is 0 Å². The summed E-state index contributed by atoms with van der Waals surface area (Å²) in [7, 11) is 0. The summed E-state index contributed by atoms with van der Waals surface area (Å²) in [5.41, 5.74) is 1.61. The summed E-state index contributed by atoms with van der Waals surface area (Å²) in [5, 5.41) is 12.8. The van der Waals surface area contributed by atoms with Crippen LogP contribution in [0.25, 0.3) is 10.8 Å². The number of rotatable bonds is 5. The molecule has 3 aromatic carbocycles. The van der Waals surface area contributed by atoms with Gasteiger partial charge in [-0.3, -0.25) is 14.9 Å². The minimum absolute atomic E-state index is 0.00304. The lowest BCUT2D eigenvalue weighted by atomic mass is 10.1. The van der Waals surface area contributed by atoms with Crippen LogP contribution in [0.15, 0.2) is 66.7 Å². The van der Waals surface area contributed by atoms with Crippen molar-refractivity contribution < 1.29 is 14.5 Å². The number of ether oxygens (including phenoxy) is 1. The molecule has 0 fully saturated rings. The number of nitrogens with zero attached hydrogens (tertiary/aromatic N) is 1. The monoisotopic (exact) mass is 321 g/mol. The third-order valence-corrected chi connectivity index (χ3v) is 3.71. The number of non-ortho nitro benzene ring substituents is 1. The molecule has 5 nitrogen and oxygen atoms in total. The highest BCUT2D eigenvalue weighted by atomic mass is 16.6. The van der Waals surface area contributed by atoms with Crippen LogP contribution in [0.4, 0.5) is 5.69 Å². The molecule has 0 amide bonds. The third-order valence-electron chi connectivity index (χ3n) is 3.71. The first-order chi connectivity index (χ1) is 11.6.